The van der Waals surface area contributed by atoms with Crippen molar-refractivity contribution in [1.29, 1.82) is 0 Å². The minimum absolute atomic E-state index is 0.0429. The topological polar surface area (TPSA) is 78.0 Å². The van der Waals surface area contributed by atoms with E-state index in [2.05, 4.69) is 4.98 Å². The molecule has 0 radical (unpaired) electrons. The predicted octanol–water partition coefficient (Wildman–Crippen LogP) is 2.62. The standard InChI is InChI=1S/C21H28N3O5/c1-23(2)21(26)29-18-8-7-11-22-16(18)13-24(3,4)14-17(25)15-9-10-19(27-5)20(12-15)28-6/h7-12H,13-14H2,1-6H3/q+1. The summed E-state index contributed by atoms with van der Waals surface area (Å²) in [6.07, 6.45) is 1.16. The van der Waals surface area contributed by atoms with Gasteiger partial charge in [0.15, 0.2) is 17.2 Å². The van der Waals surface area contributed by atoms with Crippen LogP contribution in [0.1, 0.15) is 16.1 Å². The number of rotatable bonds is 8. The molecule has 1 aromatic carbocycles. The predicted molar refractivity (Wildman–Crippen MR) is 109 cm³/mol. The monoisotopic (exact) mass is 402 g/mol. The Morgan fingerprint density at radius 3 is 2.34 bits per heavy atom. The van der Waals surface area contributed by atoms with Crippen molar-refractivity contribution in [3.8, 4) is 17.2 Å². The summed E-state index contributed by atoms with van der Waals surface area (Å²) in [7, 11) is 10.1. The van der Waals surface area contributed by atoms with E-state index in [9.17, 15) is 9.59 Å². The van der Waals surface area contributed by atoms with E-state index < -0.39 is 6.09 Å². The van der Waals surface area contributed by atoms with Crippen LogP contribution in [0.5, 0.6) is 17.2 Å². The molecule has 0 bridgehead atoms. The molecule has 0 aliphatic heterocycles. The molecular formula is C21H28N3O5+. The first-order chi connectivity index (χ1) is 13.7. The minimum Gasteiger partial charge on any atom is -0.493 e. The number of amides is 1. The average Bonchev–Trinajstić information content (AvgIpc) is 2.68. The van der Waals surface area contributed by atoms with Gasteiger partial charge in [0.05, 0.1) is 28.3 Å². The number of hydrogen-bond acceptors (Lipinski definition) is 6. The van der Waals surface area contributed by atoms with E-state index in [1.165, 1.54) is 12.0 Å². The second-order valence-corrected chi connectivity index (χ2v) is 7.46. The average molecular weight is 402 g/mol. The van der Waals surface area contributed by atoms with Crippen molar-refractivity contribution in [3.63, 3.8) is 0 Å². The van der Waals surface area contributed by atoms with Gasteiger partial charge in [0, 0.05) is 25.9 Å². The summed E-state index contributed by atoms with van der Waals surface area (Å²) >= 11 is 0. The van der Waals surface area contributed by atoms with Gasteiger partial charge in [-0.1, -0.05) is 0 Å². The van der Waals surface area contributed by atoms with E-state index in [1.54, 1.807) is 57.7 Å². The highest BCUT2D eigenvalue weighted by Gasteiger charge is 2.25. The number of ether oxygens (including phenoxy) is 3. The number of hydrogen-bond donors (Lipinski definition) is 0. The van der Waals surface area contributed by atoms with Gasteiger partial charge in [-0.05, 0) is 30.3 Å². The molecule has 0 fully saturated rings. The van der Waals surface area contributed by atoms with Crippen LogP contribution in [0.2, 0.25) is 0 Å². The lowest BCUT2D eigenvalue weighted by atomic mass is 10.1. The molecule has 0 aliphatic rings. The maximum Gasteiger partial charge on any atom is 0.414 e. The van der Waals surface area contributed by atoms with Crippen molar-refractivity contribution in [3.05, 3.63) is 47.8 Å². The van der Waals surface area contributed by atoms with Crippen LogP contribution in [0, 0.1) is 0 Å². The summed E-state index contributed by atoms with van der Waals surface area (Å²) in [6, 6.07) is 8.50. The van der Waals surface area contributed by atoms with Crippen LogP contribution in [0.4, 0.5) is 4.79 Å². The number of Topliss-reactive ketones (excluding diaryl/α,β-unsaturated/α-hetero) is 1. The number of quaternary nitrogens is 1. The Labute approximate surface area is 171 Å². The van der Waals surface area contributed by atoms with E-state index >= 15 is 0 Å². The number of benzene rings is 1. The van der Waals surface area contributed by atoms with Crippen LogP contribution in [0.15, 0.2) is 36.5 Å². The van der Waals surface area contributed by atoms with Gasteiger partial charge in [-0.15, -0.1) is 0 Å². The van der Waals surface area contributed by atoms with Crippen molar-refractivity contribution in [2.45, 2.75) is 6.54 Å². The maximum atomic E-state index is 12.8. The fourth-order valence-corrected chi connectivity index (χ4v) is 2.77. The van der Waals surface area contributed by atoms with Gasteiger partial charge in [-0.3, -0.25) is 9.78 Å². The molecule has 156 valence electrons. The largest absolute Gasteiger partial charge is 0.493 e. The van der Waals surface area contributed by atoms with Gasteiger partial charge in [-0.2, -0.15) is 0 Å². The summed E-state index contributed by atoms with van der Waals surface area (Å²) in [4.78, 5) is 30.4. The number of likely N-dealkylation sites (N-methyl/N-ethyl adjacent to an activating group) is 1. The molecule has 0 unspecified atom stereocenters. The number of ketones is 1. The molecule has 1 aromatic heterocycles. The molecule has 8 heteroatoms. The van der Waals surface area contributed by atoms with E-state index in [0.29, 0.717) is 39.5 Å². The number of methoxy groups -OCH3 is 2. The van der Waals surface area contributed by atoms with Gasteiger partial charge >= 0.3 is 6.09 Å². The molecule has 0 saturated carbocycles. The van der Waals surface area contributed by atoms with Crippen LogP contribution in [-0.4, -0.2) is 75.2 Å². The van der Waals surface area contributed by atoms with Crippen LogP contribution in [-0.2, 0) is 6.54 Å². The molecular weight excluding hydrogens is 374 g/mol. The fraction of sp³-hybridized carbons (Fsp3) is 0.381. The first-order valence-corrected chi connectivity index (χ1v) is 9.07. The van der Waals surface area contributed by atoms with Gasteiger partial charge in [0.25, 0.3) is 0 Å². The highest BCUT2D eigenvalue weighted by atomic mass is 16.6. The van der Waals surface area contributed by atoms with E-state index in [-0.39, 0.29) is 12.3 Å². The summed E-state index contributed by atoms with van der Waals surface area (Å²) in [6.45, 7) is 0.642. The zero-order valence-corrected chi connectivity index (χ0v) is 17.8. The Morgan fingerprint density at radius 2 is 1.72 bits per heavy atom. The van der Waals surface area contributed by atoms with Crippen LogP contribution in [0.25, 0.3) is 0 Å². The summed E-state index contributed by atoms with van der Waals surface area (Å²) in [5.74, 6) is 1.42. The third kappa shape index (κ3) is 5.92. The van der Waals surface area contributed by atoms with Crippen molar-refractivity contribution in [2.75, 3.05) is 49.0 Å². The van der Waals surface area contributed by atoms with E-state index in [4.69, 9.17) is 14.2 Å². The Bertz CT molecular complexity index is 880. The third-order valence-electron chi connectivity index (χ3n) is 4.27. The lowest BCUT2D eigenvalue weighted by molar-refractivity contribution is -0.895. The number of carbonyl (C=O) groups excluding carboxylic acids is 2. The molecule has 8 nitrogen and oxygen atoms in total. The number of aromatic nitrogens is 1. The van der Waals surface area contributed by atoms with Crippen LogP contribution < -0.4 is 14.2 Å². The Morgan fingerprint density at radius 1 is 1.03 bits per heavy atom. The highest BCUT2D eigenvalue weighted by Crippen LogP contribution is 2.28. The van der Waals surface area contributed by atoms with Gasteiger partial charge < -0.3 is 23.6 Å². The lowest BCUT2D eigenvalue weighted by Gasteiger charge is -2.29. The summed E-state index contributed by atoms with van der Waals surface area (Å²) in [5, 5.41) is 0. The molecule has 0 spiro atoms. The van der Waals surface area contributed by atoms with E-state index in [0.717, 1.165) is 0 Å². The number of pyridine rings is 1. The molecule has 1 amide bonds. The maximum absolute atomic E-state index is 12.8. The second-order valence-electron chi connectivity index (χ2n) is 7.46. The van der Waals surface area contributed by atoms with E-state index in [1.807, 2.05) is 14.1 Å². The fourth-order valence-electron chi connectivity index (χ4n) is 2.77. The molecule has 29 heavy (non-hydrogen) atoms. The number of carbonyl (C=O) groups is 2. The first kappa shape index (κ1) is 22.2. The van der Waals surface area contributed by atoms with Crippen molar-refractivity contribution in [1.82, 2.24) is 9.88 Å². The summed E-state index contributed by atoms with van der Waals surface area (Å²) < 4.78 is 16.2. The third-order valence-corrected chi connectivity index (χ3v) is 4.27. The van der Waals surface area contributed by atoms with Crippen molar-refractivity contribution in [2.24, 2.45) is 0 Å². The molecule has 0 N–H and O–H groups in total. The van der Waals surface area contributed by atoms with Crippen molar-refractivity contribution < 1.29 is 28.3 Å². The van der Waals surface area contributed by atoms with Crippen molar-refractivity contribution >= 4 is 11.9 Å². The lowest BCUT2D eigenvalue weighted by Crippen LogP contribution is -2.43. The zero-order chi connectivity index (χ0) is 21.6. The first-order valence-electron chi connectivity index (χ1n) is 9.07. The molecule has 0 saturated heterocycles. The Hall–Kier alpha value is -3.13. The van der Waals surface area contributed by atoms with Crippen LogP contribution >= 0.6 is 0 Å². The Balaban J connectivity index is 2.16. The molecule has 2 aromatic rings. The number of nitrogens with zero attached hydrogens (tertiary/aromatic N) is 3. The quantitative estimate of drug-likeness (QED) is 0.499. The van der Waals surface area contributed by atoms with Gasteiger partial charge in [-0.25, -0.2) is 4.79 Å². The van der Waals surface area contributed by atoms with Gasteiger partial charge in [0.1, 0.15) is 18.8 Å². The molecule has 2 rings (SSSR count). The zero-order valence-electron chi connectivity index (χ0n) is 17.8. The SMILES string of the molecule is COc1ccc(C(=O)C[N+](C)(C)Cc2ncccc2OC(=O)N(C)C)cc1OC. The summed E-state index contributed by atoms with van der Waals surface area (Å²) in [5.41, 5.74) is 1.14. The van der Waals surface area contributed by atoms with Crippen LogP contribution in [0.3, 0.4) is 0 Å². The highest BCUT2D eigenvalue weighted by molar-refractivity contribution is 5.97. The smallest absolute Gasteiger partial charge is 0.414 e. The molecule has 0 atom stereocenters. The van der Waals surface area contributed by atoms with Gasteiger partial charge in [0.2, 0.25) is 5.78 Å². The molecule has 0 aliphatic carbocycles. The second kappa shape index (κ2) is 9.38. The molecule has 1 heterocycles. The normalized spacial score (nSPS) is 11.0. The minimum atomic E-state index is -0.481. The Kier molecular flexibility index (Phi) is 7.17.